The number of piperidine rings is 1. The number of H-pyrrole nitrogens is 1. The van der Waals surface area contributed by atoms with Crippen molar-refractivity contribution in [1.29, 1.82) is 0 Å². The smallest absolute Gasteiger partial charge is 0.255 e. The van der Waals surface area contributed by atoms with Crippen molar-refractivity contribution in [2.75, 3.05) is 27.2 Å². The lowest BCUT2D eigenvalue weighted by molar-refractivity contribution is 0.0662. The maximum atomic E-state index is 13.1. The van der Waals surface area contributed by atoms with Crippen molar-refractivity contribution < 1.29 is 24.9 Å². The van der Waals surface area contributed by atoms with Gasteiger partial charge in [-0.05, 0) is 70.6 Å². The number of carbonyl (C=O) groups excluding carboxylic acids is 2. The van der Waals surface area contributed by atoms with Crippen LogP contribution in [0.2, 0.25) is 0 Å². The average molecular weight is 428 g/mol. The molecule has 1 fully saturated rings. The molecule has 1 aliphatic heterocycles. The van der Waals surface area contributed by atoms with E-state index in [-0.39, 0.29) is 11.5 Å². The van der Waals surface area contributed by atoms with Gasteiger partial charge in [0.15, 0.2) is 23.0 Å². The molecule has 8 nitrogen and oxygen atoms in total. The van der Waals surface area contributed by atoms with Crippen molar-refractivity contribution in [3.05, 3.63) is 46.3 Å². The Labute approximate surface area is 181 Å². The number of ketones is 1. The van der Waals surface area contributed by atoms with Gasteiger partial charge in [-0.1, -0.05) is 0 Å². The second-order valence-electron chi connectivity index (χ2n) is 8.21. The number of nitrogens with zero attached hydrogens (tertiary/aromatic N) is 2. The molecule has 1 amide bonds. The summed E-state index contributed by atoms with van der Waals surface area (Å²) in [6.45, 7) is 5.10. The Bertz CT molecular complexity index is 1010. The van der Waals surface area contributed by atoms with Crippen molar-refractivity contribution in [3.8, 4) is 17.2 Å². The first-order chi connectivity index (χ1) is 14.6. The molecule has 1 aromatic carbocycles. The molecule has 0 saturated carbocycles. The van der Waals surface area contributed by atoms with Crippen LogP contribution in [0.1, 0.15) is 50.5 Å². The number of phenols is 3. The Morgan fingerprint density at radius 2 is 1.68 bits per heavy atom. The van der Waals surface area contributed by atoms with Gasteiger partial charge in [0.25, 0.3) is 5.91 Å². The quantitative estimate of drug-likeness (QED) is 0.331. The van der Waals surface area contributed by atoms with Gasteiger partial charge in [0.05, 0.1) is 5.56 Å². The van der Waals surface area contributed by atoms with Crippen molar-refractivity contribution >= 4 is 17.8 Å². The van der Waals surface area contributed by atoms with E-state index in [4.69, 9.17) is 0 Å². The number of hydrogen-bond donors (Lipinski definition) is 4. The topological polar surface area (TPSA) is 117 Å². The van der Waals surface area contributed by atoms with E-state index in [1.807, 2.05) is 18.7 Å². The highest BCUT2D eigenvalue weighted by atomic mass is 16.3. The molecular formula is C23H29N3O5. The van der Waals surface area contributed by atoms with Gasteiger partial charge in [-0.3, -0.25) is 9.59 Å². The predicted molar refractivity (Wildman–Crippen MR) is 118 cm³/mol. The number of rotatable bonds is 5. The first kappa shape index (κ1) is 22.4. The van der Waals surface area contributed by atoms with Gasteiger partial charge in [0.2, 0.25) is 0 Å². The maximum Gasteiger partial charge on any atom is 0.255 e. The van der Waals surface area contributed by atoms with Crippen molar-refractivity contribution in [2.24, 2.45) is 0 Å². The number of aromatic amines is 1. The summed E-state index contributed by atoms with van der Waals surface area (Å²) in [5.41, 5.74) is 2.80. The molecule has 0 bridgehead atoms. The van der Waals surface area contributed by atoms with E-state index in [0.717, 1.165) is 36.2 Å². The minimum absolute atomic E-state index is 0.0113. The molecule has 3 rings (SSSR count). The normalized spacial score (nSPS) is 15.2. The van der Waals surface area contributed by atoms with Gasteiger partial charge >= 0.3 is 0 Å². The van der Waals surface area contributed by atoms with Crippen LogP contribution in [0.15, 0.2) is 18.2 Å². The van der Waals surface area contributed by atoms with Gasteiger partial charge < -0.3 is 30.1 Å². The third-order valence-corrected chi connectivity index (χ3v) is 5.93. The number of nitrogens with one attached hydrogen (secondary N) is 1. The van der Waals surface area contributed by atoms with Gasteiger partial charge in [-0.25, -0.2) is 0 Å². The van der Waals surface area contributed by atoms with E-state index in [2.05, 4.69) is 24.0 Å². The van der Waals surface area contributed by atoms with Crippen LogP contribution in [0.5, 0.6) is 17.2 Å². The van der Waals surface area contributed by atoms with E-state index in [0.29, 0.717) is 30.4 Å². The highest BCUT2D eigenvalue weighted by Gasteiger charge is 2.27. The highest BCUT2D eigenvalue weighted by molar-refractivity contribution is 6.07. The Morgan fingerprint density at radius 3 is 2.23 bits per heavy atom. The summed E-state index contributed by atoms with van der Waals surface area (Å²) in [5, 5.41) is 28.6. The molecule has 1 aliphatic rings. The lowest BCUT2D eigenvalue weighted by Crippen LogP contribution is -2.44. The van der Waals surface area contributed by atoms with Crippen LogP contribution in [-0.4, -0.2) is 75.0 Å². The van der Waals surface area contributed by atoms with E-state index in [1.54, 1.807) is 6.08 Å². The summed E-state index contributed by atoms with van der Waals surface area (Å²) in [4.78, 5) is 32.8. The largest absolute Gasteiger partial charge is 0.504 e. The molecule has 0 radical (unpaired) electrons. The van der Waals surface area contributed by atoms with Crippen molar-refractivity contribution in [3.63, 3.8) is 0 Å². The molecule has 0 aliphatic carbocycles. The van der Waals surface area contributed by atoms with E-state index in [9.17, 15) is 24.9 Å². The van der Waals surface area contributed by atoms with Gasteiger partial charge in [0, 0.05) is 36.1 Å². The molecule has 1 aromatic heterocycles. The van der Waals surface area contributed by atoms with Crippen LogP contribution in [-0.2, 0) is 0 Å². The minimum Gasteiger partial charge on any atom is -0.504 e. The number of amides is 1. The summed E-state index contributed by atoms with van der Waals surface area (Å²) >= 11 is 0. The average Bonchev–Trinajstić information content (AvgIpc) is 3.02. The Kier molecular flexibility index (Phi) is 6.40. The summed E-state index contributed by atoms with van der Waals surface area (Å²) in [6, 6.07) is 2.66. The summed E-state index contributed by atoms with van der Waals surface area (Å²) in [5.74, 6) is -2.29. The SMILES string of the molecule is Cc1[nH]c(/C=C/C(=O)c2cc(O)c(O)c(O)c2)c(C)c1C(=O)N1CCC(N(C)C)CC1. The summed E-state index contributed by atoms with van der Waals surface area (Å²) < 4.78 is 0. The number of phenolic OH excluding ortho intramolecular Hbond substituents is 3. The Morgan fingerprint density at radius 1 is 1.10 bits per heavy atom. The number of hydrogen-bond acceptors (Lipinski definition) is 6. The number of allylic oxidation sites excluding steroid dienone is 1. The van der Waals surface area contributed by atoms with Crippen LogP contribution < -0.4 is 0 Å². The van der Waals surface area contributed by atoms with Gasteiger partial charge in [0.1, 0.15) is 0 Å². The predicted octanol–water partition coefficient (Wildman–Crippen LogP) is 2.81. The number of benzene rings is 1. The molecule has 0 unspecified atom stereocenters. The standard InChI is InChI=1S/C23H29N3O5/c1-13-17(5-6-18(27)15-11-19(28)22(30)20(29)12-15)24-14(2)21(13)23(31)26-9-7-16(8-10-26)25(3)4/h5-6,11-12,16,24,28-30H,7-10H2,1-4H3/b6-5+. The third-order valence-electron chi connectivity index (χ3n) is 5.93. The zero-order valence-corrected chi connectivity index (χ0v) is 18.3. The highest BCUT2D eigenvalue weighted by Crippen LogP contribution is 2.35. The van der Waals surface area contributed by atoms with Crippen molar-refractivity contribution in [2.45, 2.75) is 32.7 Å². The van der Waals surface area contributed by atoms with E-state index in [1.165, 1.54) is 6.08 Å². The fraction of sp³-hybridized carbons (Fsp3) is 0.391. The molecule has 4 N–H and O–H groups in total. The van der Waals surface area contributed by atoms with Crippen LogP contribution >= 0.6 is 0 Å². The lowest BCUT2D eigenvalue weighted by Gasteiger charge is -2.35. The molecule has 31 heavy (non-hydrogen) atoms. The van der Waals surface area contributed by atoms with Crippen LogP contribution in [0.4, 0.5) is 0 Å². The van der Waals surface area contributed by atoms with Crippen molar-refractivity contribution in [1.82, 2.24) is 14.8 Å². The lowest BCUT2D eigenvalue weighted by atomic mass is 10.0. The zero-order chi connectivity index (χ0) is 22.9. The Hall–Kier alpha value is -3.26. The number of aryl methyl sites for hydroxylation is 1. The van der Waals surface area contributed by atoms with Crippen LogP contribution in [0.25, 0.3) is 6.08 Å². The first-order valence-electron chi connectivity index (χ1n) is 10.2. The first-order valence-corrected chi connectivity index (χ1v) is 10.2. The Balaban J connectivity index is 1.77. The van der Waals surface area contributed by atoms with Gasteiger partial charge in [-0.2, -0.15) is 0 Å². The maximum absolute atomic E-state index is 13.1. The molecular weight excluding hydrogens is 398 g/mol. The summed E-state index contributed by atoms with van der Waals surface area (Å²) in [7, 11) is 4.12. The second-order valence-corrected chi connectivity index (χ2v) is 8.21. The van der Waals surface area contributed by atoms with Crippen LogP contribution in [0, 0.1) is 13.8 Å². The van der Waals surface area contributed by atoms with Crippen LogP contribution in [0.3, 0.4) is 0 Å². The number of carbonyl (C=O) groups is 2. The molecule has 2 heterocycles. The third kappa shape index (κ3) is 4.59. The van der Waals surface area contributed by atoms with E-state index >= 15 is 0 Å². The molecule has 8 heteroatoms. The fourth-order valence-corrected chi connectivity index (χ4v) is 4.01. The molecule has 1 saturated heterocycles. The molecule has 166 valence electrons. The molecule has 2 aromatic rings. The zero-order valence-electron chi connectivity index (χ0n) is 18.3. The number of aromatic hydroxyl groups is 3. The second kappa shape index (κ2) is 8.85. The molecule has 0 atom stereocenters. The summed E-state index contributed by atoms with van der Waals surface area (Å²) in [6.07, 6.45) is 4.74. The fourth-order valence-electron chi connectivity index (χ4n) is 4.01. The van der Waals surface area contributed by atoms with E-state index < -0.39 is 23.0 Å². The minimum atomic E-state index is -0.672. The monoisotopic (exact) mass is 427 g/mol. The molecule has 0 spiro atoms. The van der Waals surface area contributed by atoms with Gasteiger partial charge in [-0.15, -0.1) is 0 Å². The number of likely N-dealkylation sites (tertiary alicyclic amines) is 1. The number of aromatic nitrogens is 1.